The van der Waals surface area contributed by atoms with Gasteiger partial charge in [-0.25, -0.2) is 4.98 Å². The van der Waals surface area contributed by atoms with Crippen LogP contribution in [-0.4, -0.2) is 23.5 Å². The number of piperidine rings is 1. The molecular weight excluding hydrogens is 276 g/mol. The number of para-hydroxylation sites is 1. The minimum Gasteiger partial charge on any atom is -0.340 e. The van der Waals surface area contributed by atoms with E-state index >= 15 is 0 Å². The van der Waals surface area contributed by atoms with E-state index in [0.717, 1.165) is 30.2 Å². The van der Waals surface area contributed by atoms with Crippen LogP contribution >= 0.6 is 0 Å². The molecule has 2 fully saturated rings. The van der Waals surface area contributed by atoms with Gasteiger partial charge in [0.1, 0.15) is 5.82 Å². The highest BCUT2D eigenvalue weighted by Crippen LogP contribution is 2.45. The zero-order valence-corrected chi connectivity index (χ0v) is 12.1. The summed E-state index contributed by atoms with van der Waals surface area (Å²) >= 11 is 0. The molecule has 2 heterocycles. The lowest BCUT2D eigenvalue weighted by atomic mass is 10.2. The molecular formula is C17H18N4O. The first-order valence-corrected chi connectivity index (χ1v) is 7.64. The Morgan fingerprint density at radius 2 is 2.00 bits per heavy atom. The van der Waals surface area contributed by atoms with Crippen LogP contribution in [0, 0.1) is 11.8 Å². The van der Waals surface area contributed by atoms with Crippen molar-refractivity contribution in [2.75, 3.05) is 17.2 Å². The van der Waals surface area contributed by atoms with Gasteiger partial charge in [0.25, 0.3) is 0 Å². The number of carbonyl (C=O) groups excluding carboxylic acids is 1. The maximum absolute atomic E-state index is 12.2. The molecule has 1 saturated carbocycles. The number of rotatable bonds is 4. The van der Waals surface area contributed by atoms with Crippen LogP contribution in [0.25, 0.3) is 0 Å². The maximum Gasteiger partial charge on any atom is 0.229 e. The van der Waals surface area contributed by atoms with Crippen molar-refractivity contribution >= 4 is 23.1 Å². The highest BCUT2D eigenvalue weighted by Gasteiger charge is 2.56. The van der Waals surface area contributed by atoms with Gasteiger partial charge in [0.2, 0.25) is 5.91 Å². The van der Waals surface area contributed by atoms with Gasteiger partial charge in [0.05, 0.1) is 17.8 Å². The zero-order valence-electron chi connectivity index (χ0n) is 12.1. The Bertz CT molecular complexity index is 661. The lowest BCUT2D eigenvalue weighted by molar-refractivity contribution is -0.117. The molecule has 0 radical (unpaired) electrons. The van der Waals surface area contributed by atoms with Crippen LogP contribution in [0.5, 0.6) is 0 Å². The van der Waals surface area contributed by atoms with Crippen molar-refractivity contribution in [3.8, 4) is 0 Å². The van der Waals surface area contributed by atoms with Crippen LogP contribution in [0.15, 0.2) is 48.7 Å². The monoisotopic (exact) mass is 294 g/mol. The standard InChI is InChI=1S/C17H18N4O/c22-17(15-13-8-9-18-16(13)15)21-12-6-7-14(19-10-12)20-11-4-2-1-3-5-11/h1-7,10,13,15-16,18H,8-9H2,(H,19,20)(H,21,22)/t13-,15-,16-/m1/s1. The van der Waals surface area contributed by atoms with Gasteiger partial charge in [0, 0.05) is 11.7 Å². The molecule has 1 saturated heterocycles. The molecule has 4 rings (SSSR count). The van der Waals surface area contributed by atoms with Crippen molar-refractivity contribution < 1.29 is 4.79 Å². The summed E-state index contributed by atoms with van der Waals surface area (Å²) < 4.78 is 0. The Hall–Kier alpha value is -2.40. The van der Waals surface area contributed by atoms with Crippen LogP contribution < -0.4 is 16.0 Å². The number of nitrogens with one attached hydrogen (secondary N) is 3. The van der Waals surface area contributed by atoms with E-state index in [4.69, 9.17) is 0 Å². The number of fused-ring (bicyclic) bond motifs is 1. The minimum absolute atomic E-state index is 0.104. The summed E-state index contributed by atoms with van der Waals surface area (Å²) in [6.45, 7) is 1.04. The Kier molecular flexibility index (Phi) is 3.27. The van der Waals surface area contributed by atoms with E-state index in [1.54, 1.807) is 6.20 Å². The van der Waals surface area contributed by atoms with E-state index in [-0.39, 0.29) is 11.8 Å². The van der Waals surface area contributed by atoms with Gasteiger partial charge >= 0.3 is 0 Å². The molecule has 1 aromatic heterocycles. The average Bonchev–Trinajstić information content (AvgIpc) is 3.04. The SMILES string of the molecule is O=C(Nc1ccc(Nc2ccccc2)nc1)[C@@H]1[C@H]2CCN[C@H]21. The van der Waals surface area contributed by atoms with Crippen LogP contribution in [0.2, 0.25) is 0 Å². The van der Waals surface area contributed by atoms with Crippen LogP contribution in [0.4, 0.5) is 17.2 Å². The molecule has 0 bridgehead atoms. The molecule has 5 nitrogen and oxygen atoms in total. The first-order chi connectivity index (χ1) is 10.8. The fourth-order valence-electron chi connectivity index (χ4n) is 3.22. The predicted molar refractivity (Wildman–Crippen MR) is 86.0 cm³/mol. The van der Waals surface area contributed by atoms with Gasteiger partial charge in [-0.05, 0) is 43.1 Å². The third kappa shape index (κ3) is 2.55. The normalized spacial score (nSPS) is 25.4. The molecule has 1 aliphatic carbocycles. The summed E-state index contributed by atoms with van der Waals surface area (Å²) in [7, 11) is 0. The topological polar surface area (TPSA) is 66.0 Å². The number of amides is 1. The molecule has 3 N–H and O–H groups in total. The van der Waals surface area contributed by atoms with Crippen molar-refractivity contribution in [2.24, 2.45) is 11.8 Å². The van der Waals surface area contributed by atoms with Gasteiger partial charge in [-0.15, -0.1) is 0 Å². The van der Waals surface area contributed by atoms with Crippen molar-refractivity contribution in [2.45, 2.75) is 12.5 Å². The third-order valence-electron chi connectivity index (χ3n) is 4.41. The van der Waals surface area contributed by atoms with Gasteiger partial charge < -0.3 is 16.0 Å². The molecule has 1 amide bonds. The van der Waals surface area contributed by atoms with E-state index in [2.05, 4.69) is 20.9 Å². The predicted octanol–water partition coefficient (Wildman–Crippen LogP) is 2.37. The number of carbonyl (C=O) groups is 1. The Morgan fingerprint density at radius 3 is 2.68 bits per heavy atom. The second-order valence-corrected chi connectivity index (χ2v) is 5.87. The van der Waals surface area contributed by atoms with E-state index in [9.17, 15) is 4.79 Å². The van der Waals surface area contributed by atoms with Crippen molar-refractivity contribution in [1.82, 2.24) is 10.3 Å². The van der Waals surface area contributed by atoms with E-state index in [0.29, 0.717) is 12.0 Å². The fourth-order valence-corrected chi connectivity index (χ4v) is 3.22. The number of benzene rings is 1. The molecule has 2 aromatic rings. The summed E-state index contributed by atoms with van der Waals surface area (Å²) in [4.78, 5) is 16.5. The summed E-state index contributed by atoms with van der Waals surface area (Å²) in [5.74, 6) is 1.53. The number of anilines is 3. The Balaban J connectivity index is 1.37. The van der Waals surface area contributed by atoms with E-state index < -0.39 is 0 Å². The second kappa shape index (κ2) is 5.42. The largest absolute Gasteiger partial charge is 0.340 e. The number of aromatic nitrogens is 1. The highest BCUT2D eigenvalue weighted by molar-refractivity contribution is 5.95. The Labute approximate surface area is 129 Å². The first-order valence-electron chi connectivity index (χ1n) is 7.64. The van der Waals surface area contributed by atoms with E-state index in [1.165, 1.54) is 0 Å². The smallest absolute Gasteiger partial charge is 0.229 e. The lowest BCUT2D eigenvalue weighted by Gasteiger charge is -2.08. The van der Waals surface area contributed by atoms with Crippen LogP contribution in [-0.2, 0) is 4.79 Å². The number of hydrogen-bond donors (Lipinski definition) is 3. The molecule has 3 atom stereocenters. The third-order valence-corrected chi connectivity index (χ3v) is 4.41. The molecule has 112 valence electrons. The number of nitrogens with zero attached hydrogens (tertiary/aromatic N) is 1. The maximum atomic E-state index is 12.2. The first kappa shape index (κ1) is 13.3. The highest BCUT2D eigenvalue weighted by atomic mass is 16.2. The summed E-state index contributed by atoms with van der Waals surface area (Å²) in [6, 6.07) is 14.0. The zero-order chi connectivity index (χ0) is 14.9. The number of hydrogen-bond acceptors (Lipinski definition) is 4. The molecule has 0 spiro atoms. The van der Waals surface area contributed by atoms with Crippen molar-refractivity contribution in [3.05, 3.63) is 48.7 Å². The van der Waals surface area contributed by atoms with E-state index in [1.807, 2.05) is 42.5 Å². The van der Waals surface area contributed by atoms with Gasteiger partial charge in [0.15, 0.2) is 0 Å². The molecule has 2 aliphatic rings. The lowest BCUT2D eigenvalue weighted by Crippen LogP contribution is -2.24. The van der Waals surface area contributed by atoms with Gasteiger partial charge in [-0.2, -0.15) is 0 Å². The molecule has 1 aromatic carbocycles. The van der Waals surface area contributed by atoms with Crippen LogP contribution in [0.3, 0.4) is 0 Å². The molecule has 1 aliphatic heterocycles. The average molecular weight is 294 g/mol. The van der Waals surface area contributed by atoms with Crippen molar-refractivity contribution in [1.29, 1.82) is 0 Å². The molecule has 5 heteroatoms. The van der Waals surface area contributed by atoms with Gasteiger partial charge in [-0.1, -0.05) is 18.2 Å². The number of pyridine rings is 1. The second-order valence-electron chi connectivity index (χ2n) is 5.87. The Morgan fingerprint density at radius 1 is 1.14 bits per heavy atom. The van der Waals surface area contributed by atoms with Crippen molar-refractivity contribution in [3.63, 3.8) is 0 Å². The molecule has 0 unspecified atom stereocenters. The molecule has 22 heavy (non-hydrogen) atoms. The fraction of sp³-hybridized carbons (Fsp3) is 0.294. The summed E-state index contributed by atoms with van der Waals surface area (Å²) in [5.41, 5.74) is 1.73. The van der Waals surface area contributed by atoms with Gasteiger partial charge in [-0.3, -0.25) is 4.79 Å². The summed E-state index contributed by atoms with van der Waals surface area (Å²) in [6.07, 6.45) is 2.80. The summed E-state index contributed by atoms with van der Waals surface area (Å²) in [5, 5.41) is 9.53. The minimum atomic E-state index is 0.104. The quantitative estimate of drug-likeness (QED) is 0.810. The van der Waals surface area contributed by atoms with Crippen LogP contribution in [0.1, 0.15) is 6.42 Å².